The highest BCUT2D eigenvalue weighted by Gasteiger charge is 2.12. The smallest absolute Gasteiger partial charge is 0.338 e. The van der Waals surface area contributed by atoms with Crippen LogP contribution < -0.4 is 10.1 Å². The average Bonchev–Trinajstić information content (AvgIpc) is 2.83. The van der Waals surface area contributed by atoms with Crippen LogP contribution in [0.15, 0.2) is 78.9 Å². The summed E-state index contributed by atoms with van der Waals surface area (Å²) < 4.78 is 10.6. The van der Waals surface area contributed by atoms with Crippen LogP contribution >= 0.6 is 0 Å². The number of rotatable bonds is 10. The van der Waals surface area contributed by atoms with E-state index in [0.717, 1.165) is 16.7 Å². The molecular formula is C27H29NO4. The van der Waals surface area contributed by atoms with Gasteiger partial charge in [-0.25, -0.2) is 4.79 Å². The van der Waals surface area contributed by atoms with Crippen molar-refractivity contribution in [2.75, 3.05) is 20.3 Å². The van der Waals surface area contributed by atoms with Gasteiger partial charge in [-0.15, -0.1) is 0 Å². The van der Waals surface area contributed by atoms with Gasteiger partial charge in [-0.2, -0.15) is 0 Å². The van der Waals surface area contributed by atoms with Gasteiger partial charge in [0.25, 0.3) is 0 Å². The minimum absolute atomic E-state index is 0.188. The first-order valence-electron chi connectivity index (χ1n) is 10.6. The SMILES string of the molecule is COC(=O)C(=Cc1ccc(OCC(O)CNCc2ccccc2)cc1)c1ccc(C)cc1. The molecule has 2 N–H and O–H groups in total. The lowest BCUT2D eigenvalue weighted by Gasteiger charge is -2.13. The van der Waals surface area contributed by atoms with Gasteiger partial charge in [0.15, 0.2) is 0 Å². The molecule has 1 unspecified atom stereocenters. The fraction of sp³-hybridized carbons (Fsp3) is 0.222. The van der Waals surface area contributed by atoms with Gasteiger partial charge in [0.05, 0.1) is 12.7 Å². The van der Waals surface area contributed by atoms with Crippen molar-refractivity contribution in [3.63, 3.8) is 0 Å². The topological polar surface area (TPSA) is 67.8 Å². The number of aliphatic hydroxyl groups is 1. The Bertz CT molecular complexity index is 1010. The van der Waals surface area contributed by atoms with Crippen LogP contribution in [0.1, 0.15) is 22.3 Å². The summed E-state index contributed by atoms with van der Waals surface area (Å²) in [4.78, 5) is 12.3. The van der Waals surface area contributed by atoms with Crippen LogP contribution in [0.4, 0.5) is 0 Å². The molecule has 3 aromatic carbocycles. The van der Waals surface area contributed by atoms with Crippen molar-refractivity contribution >= 4 is 17.6 Å². The zero-order chi connectivity index (χ0) is 22.8. The van der Waals surface area contributed by atoms with Crippen LogP contribution in [0.25, 0.3) is 11.6 Å². The molecule has 32 heavy (non-hydrogen) atoms. The monoisotopic (exact) mass is 431 g/mol. The highest BCUT2D eigenvalue weighted by molar-refractivity contribution is 6.21. The van der Waals surface area contributed by atoms with Crippen LogP contribution in [0.5, 0.6) is 5.75 Å². The van der Waals surface area contributed by atoms with Crippen LogP contribution in [0.2, 0.25) is 0 Å². The Morgan fingerprint density at radius 2 is 1.69 bits per heavy atom. The summed E-state index contributed by atoms with van der Waals surface area (Å²) >= 11 is 0. The van der Waals surface area contributed by atoms with E-state index in [0.29, 0.717) is 24.4 Å². The summed E-state index contributed by atoms with van der Waals surface area (Å²) in [5, 5.41) is 13.4. The Hall–Kier alpha value is -3.41. The minimum Gasteiger partial charge on any atom is -0.491 e. The van der Waals surface area contributed by atoms with E-state index >= 15 is 0 Å². The van der Waals surface area contributed by atoms with Gasteiger partial charge in [-0.05, 0) is 41.8 Å². The summed E-state index contributed by atoms with van der Waals surface area (Å²) in [6, 6.07) is 25.1. The molecule has 5 nitrogen and oxygen atoms in total. The molecule has 0 aliphatic heterocycles. The van der Waals surface area contributed by atoms with Gasteiger partial charge in [-0.3, -0.25) is 0 Å². The Morgan fingerprint density at radius 1 is 1.00 bits per heavy atom. The number of carbonyl (C=O) groups is 1. The van der Waals surface area contributed by atoms with Crippen LogP contribution in [-0.4, -0.2) is 37.4 Å². The summed E-state index contributed by atoms with van der Waals surface area (Å²) in [5.41, 5.74) is 4.43. The molecule has 0 aromatic heterocycles. The maximum Gasteiger partial charge on any atom is 0.338 e. The molecule has 0 heterocycles. The lowest BCUT2D eigenvalue weighted by Crippen LogP contribution is -2.31. The first kappa shape index (κ1) is 23.3. The Labute approximate surface area is 189 Å². The van der Waals surface area contributed by atoms with E-state index in [1.165, 1.54) is 12.7 Å². The largest absolute Gasteiger partial charge is 0.491 e. The molecule has 0 amide bonds. The van der Waals surface area contributed by atoms with Crippen molar-refractivity contribution < 1.29 is 19.4 Å². The quantitative estimate of drug-likeness (QED) is 0.286. The van der Waals surface area contributed by atoms with Crippen LogP contribution in [-0.2, 0) is 16.1 Å². The predicted octanol–water partition coefficient (Wildman–Crippen LogP) is 4.24. The van der Waals surface area contributed by atoms with Crippen molar-refractivity contribution in [2.45, 2.75) is 19.6 Å². The van der Waals surface area contributed by atoms with Gasteiger partial charge in [-0.1, -0.05) is 72.3 Å². The third-order valence-electron chi connectivity index (χ3n) is 4.95. The third-order valence-corrected chi connectivity index (χ3v) is 4.95. The normalized spacial score (nSPS) is 12.3. The molecule has 3 aromatic rings. The Morgan fingerprint density at radius 3 is 2.34 bits per heavy atom. The predicted molar refractivity (Wildman–Crippen MR) is 127 cm³/mol. The van der Waals surface area contributed by atoms with Crippen molar-refractivity contribution in [3.05, 3.63) is 101 Å². The number of carbonyl (C=O) groups excluding carboxylic acids is 1. The van der Waals surface area contributed by atoms with Gasteiger partial charge in [0.1, 0.15) is 18.5 Å². The fourth-order valence-corrected chi connectivity index (χ4v) is 3.16. The van der Waals surface area contributed by atoms with Gasteiger partial charge >= 0.3 is 5.97 Å². The first-order chi connectivity index (χ1) is 15.5. The second-order valence-corrected chi connectivity index (χ2v) is 7.57. The summed E-state index contributed by atoms with van der Waals surface area (Å²) in [7, 11) is 1.38. The molecule has 0 fully saturated rings. The van der Waals surface area contributed by atoms with E-state index < -0.39 is 6.10 Å². The van der Waals surface area contributed by atoms with E-state index in [9.17, 15) is 9.90 Å². The molecule has 0 saturated heterocycles. The number of ether oxygens (including phenoxy) is 2. The van der Waals surface area contributed by atoms with E-state index in [4.69, 9.17) is 9.47 Å². The highest BCUT2D eigenvalue weighted by atomic mass is 16.5. The van der Waals surface area contributed by atoms with Crippen molar-refractivity contribution in [1.29, 1.82) is 0 Å². The van der Waals surface area contributed by atoms with Crippen molar-refractivity contribution in [1.82, 2.24) is 5.32 Å². The molecule has 0 bridgehead atoms. The molecule has 0 aliphatic rings. The van der Waals surface area contributed by atoms with Gasteiger partial charge in [0.2, 0.25) is 0 Å². The molecule has 0 radical (unpaired) electrons. The highest BCUT2D eigenvalue weighted by Crippen LogP contribution is 2.22. The number of aliphatic hydroxyl groups excluding tert-OH is 1. The summed E-state index contributed by atoms with van der Waals surface area (Å²) in [6.07, 6.45) is 1.17. The number of hydrogen-bond acceptors (Lipinski definition) is 5. The number of aryl methyl sites for hydroxylation is 1. The second kappa shape index (κ2) is 11.8. The first-order valence-corrected chi connectivity index (χ1v) is 10.6. The second-order valence-electron chi connectivity index (χ2n) is 7.57. The van der Waals surface area contributed by atoms with Crippen molar-refractivity contribution in [2.24, 2.45) is 0 Å². The van der Waals surface area contributed by atoms with Crippen LogP contribution in [0, 0.1) is 6.92 Å². The average molecular weight is 432 g/mol. The zero-order valence-electron chi connectivity index (χ0n) is 18.5. The van der Waals surface area contributed by atoms with E-state index in [1.807, 2.05) is 85.8 Å². The molecular weight excluding hydrogens is 402 g/mol. The number of nitrogens with one attached hydrogen (secondary N) is 1. The Balaban J connectivity index is 1.55. The number of methoxy groups -OCH3 is 1. The van der Waals surface area contributed by atoms with Gasteiger partial charge < -0.3 is 19.9 Å². The minimum atomic E-state index is -0.620. The number of esters is 1. The van der Waals surface area contributed by atoms with E-state index in [2.05, 4.69) is 5.32 Å². The lowest BCUT2D eigenvalue weighted by atomic mass is 10.0. The molecule has 3 rings (SSSR count). The summed E-state index contributed by atoms with van der Waals surface area (Å²) in [6.45, 7) is 3.32. The molecule has 0 saturated carbocycles. The molecule has 0 aliphatic carbocycles. The standard InChI is InChI=1S/C27H29NO4/c1-20-8-12-23(13-9-20)26(27(30)31-2)16-21-10-14-25(15-11-21)32-19-24(29)18-28-17-22-6-4-3-5-7-22/h3-16,24,28-29H,17-19H2,1-2H3. The van der Waals surface area contributed by atoms with E-state index in [1.54, 1.807) is 6.08 Å². The maximum absolute atomic E-state index is 12.3. The lowest BCUT2D eigenvalue weighted by molar-refractivity contribution is -0.133. The maximum atomic E-state index is 12.3. The van der Waals surface area contributed by atoms with Crippen molar-refractivity contribution in [3.8, 4) is 5.75 Å². The molecule has 1 atom stereocenters. The molecule has 0 spiro atoms. The fourth-order valence-electron chi connectivity index (χ4n) is 3.16. The number of benzene rings is 3. The third kappa shape index (κ3) is 7.08. The number of hydrogen-bond donors (Lipinski definition) is 2. The Kier molecular flexibility index (Phi) is 8.61. The van der Waals surface area contributed by atoms with Crippen LogP contribution in [0.3, 0.4) is 0 Å². The summed E-state index contributed by atoms with van der Waals surface area (Å²) in [5.74, 6) is 0.263. The molecule has 5 heteroatoms. The molecule has 166 valence electrons. The van der Waals surface area contributed by atoms with Gasteiger partial charge in [0, 0.05) is 13.1 Å². The zero-order valence-corrected chi connectivity index (χ0v) is 18.5. The van der Waals surface area contributed by atoms with E-state index in [-0.39, 0.29) is 12.6 Å².